The number of likely N-dealkylation sites (N-methyl/N-ethyl adjacent to an activating group) is 1. The minimum Gasteiger partial charge on any atom is -0.462 e. The highest BCUT2D eigenvalue weighted by Crippen LogP contribution is 2.39. The van der Waals surface area contributed by atoms with Crippen LogP contribution in [-0.4, -0.2) is 114 Å². The topological polar surface area (TPSA) is 101 Å². The van der Waals surface area contributed by atoms with E-state index in [1.54, 1.807) is 0 Å². The van der Waals surface area contributed by atoms with E-state index in [0.717, 1.165) is 86.9 Å². The number of benzene rings is 1. The summed E-state index contributed by atoms with van der Waals surface area (Å²) < 4.78 is 20.3. The molecule has 3 aromatic rings. The van der Waals surface area contributed by atoms with E-state index in [9.17, 15) is 4.79 Å². The normalized spacial score (nSPS) is 22.6. The van der Waals surface area contributed by atoms with Gasteiger partial charge in [-0.2, -0.15) is 15.1 Å². The number of amides is 1. The van der Waals surface area contributed by atoms with E-state index in [4.69, 9.17) is 29.3 Å². The Labute approximate surface area is 304 Å². The third-order valence-corrected chi connectivity index (χ3v) is 12.7. The van der Waals surface area contributed by atoms with Crippen LogP contribution in [0.25, 0.3) is 10.9 Å². The number of rotatable bonds is 10. The Morgan fingerprint density at radius 2 is 1.78 bits per heavy atom. The number of carbonyl (C=O) groups excluding carboxylic acids is 1. The Hall–Kier alpha value is -3.42. The maximum Gasteiger partial charge on any atom is 0.410 e. The number of nitrogens with zero attached hydrogens (tertiary/aromatic N) is 8. The second-order valence-corrected chi connectivity index (χ2v) is 23.0. The SMILES string of the molecule is Cc1ccc2c(cnn2COCC[Si](C)(C)C)c1N1CCc2c(nc(OC[C@@H]3CCCN3C)nc2N2C[C@H]3CC[C@@H](C2)N3C(=O)OC(C)(C)C)C1. The lowest BCUT2D eigenvalue weighted by Gasteiger charge is -2.43. The summed E-state index contributed by atoms with van der Waals surface area (Å²) in [6.45, 7) is 21.0. The molecule has 278 valence electrons. The lowest BCUT2D eigenvalue weighted by molar-refractivity contribution is 0.0122. The zero-order valence-electron chi connectivity index (χ0n) is 32.1. The van der Waals surface area contributed by atoms with Crippen molar-refractivity contribution >= 4 is 36.6 Å². The van der Waals surface area contributed by atoms with Gasteiger partial charge in [0.25, 0.3) is 0 Å². The minimum absolute atomic E-state index is 0.0946. The van der Waals surface area contributed by atoms with Crippen molar-refractivity contribution in [2.45, 2.75) is 122 Å². The van der Waals surface area contributed by atoms with Crippen LogP contribution in [0.5, 0.6) is 6.01 Å². The molecule has 51 heavy (non-hydrogen) atoms. The van der Waals surface area contributed by atoms with Gasteiger partial charge >= 0.3 is 12.1 Å². The zero-order chi connectivity index (χ0) is 36.1. The van der Waals surface area contributed by atoms with E-state index in [0.29, 0.717) is 31.9 Å². The number of ether oxygens (including phenoxy) is 3. The van der Waals surface area contributed by atoms with Gasteiger partial charge in [0.05, 0.1) is 41.7 Å². The number of anilines is 2. The maximum absolute atomic E-state index is 13.3. The van der Waals surface area contributed by atoms with Gasteiger partial charge in [-0.15, -0.1) is 0 Å². The average Bonchev–Trinajstić information content (AvgIpc) is 3.74. The molecule has 4 aliphatic rings. The maximum atomic E-state index is 13.3. The summed E-state index contributed by atoms with van der Waals surface area (Å²) in [5, 5.41) is 5.91. The van der Waals surface area contributed by atoms with Crippen LogP contribution in [0, 0.1) is 6.92 Å². The summed E-state index contributed by atoms with van der Waals surface area (Å²) in [6.07, 6.45) is 6.86. The molecule has 0 aliphatic carbocycles. The molecule has 2 bridgehead atoms. The fourth-order valence-electron chi connectivity index (χ4n) is 8.26. The predicted molar refractivity (Wildman–Crippen MR) is 204 cm³/mol. The summed E-state index contributed by atoms with van der Waals surface area (Å²) in [4.78, 5) is 32.7. The van der Waals surface area contributed by atoms with Crippen molar-refractivity contribution in [2.75, 3.05) is 56.2 Å². The van der Waals surface area contributed by atoms with Crippen molar-refractivity contribution < 1.29 is 19.0 Å². The van der Waals surface area contributed by atoms with Gasteiger partial charge in [-0.25, -0.2) is 9.48 Å². The van der Waals surface area contributed by atoms with Crippen LogP contribution in [0.3, 0.4) is 0 Å². The fraction of sp³-hybridized carbons (Fsp3) is 0.684. The number of aryl methyl sites for hydroxylation is 1. The van der Waals surface area contributed by atoms with Crippen LogP contribution in [0.4, 0.5) is 16.3 Å². The Morgan fingerprint density at radius 1 is 1.02 bits per heavy atom. The third kappa shape index (κ3) is 7.85. The molecule has 0 N–H and O–H groups in total. The van der Waals surface area contributed by atoms with Gasteiger partial charge < -0.3 is 28.9 Å². The summed E-state index contributed by atoms with van der Waals surface area (Å²) in [7, 11) is 1.01. The Kier molecular flexibility index (Phi) is 10.0. The van der Waals surface area contributed by atoms with E-state index < -0.39 is 13.7 Å². The first-order valence-electron chi connectivity index (χ1n) is 19.0. The standard InChI is InChI=1S/C38H58N8O4Si/c1-26-11-14-33-31(20-39-45(33)25-48-18-19-51(6,7)8)34(26)43-17-15-30-32(23-43)40-36(49-24-29-10-9-16-42(29)5)41-35(30)44-21-27-12-13-28(22-44)46(27)37(47)50-38(2,3)4/h11,14,20,27-29H,9-10,12-13,15-19,21-25H2,1-8H3/t27-,28+,29-/m0/s1. The van der Waals surface area contributed by atoms with Gasteiger partial charge in [-0.05, 0) is 91.1 Å². The van der Waals surface area contributed by atoms with Crippen molar-refractivity contribution in [2.24, 2.45) is 0 Å². The third-order valence-electron chi connectivity index (χ3n) is 11.0. The van der Waals surface area contributed by atoms with E-state index >= 15 is 0 Å². The lowest BCUT2D eigenvalue weighted by Crippen LogP contribution is -2.57. The summed E-state index contributed by atoms with van der Waals surface area (Å²) in [6, 6.07) is 6.51. The van der Waals surface area contributed by atoms with Crippen LogP contribution in [0.15, 0.2) is 18.3 Å². The van der Waals surface area contributed by atoms with Gasteiger partial charge in [0, 0.05) is 51.3 Å². The van der Waals surface area contributed by atoms with Crippen molar-refractivity contribution in [3.8, 4) is 6.01 Å². The quantitative estimate of drug-likeness (QED) is 0.181. The van der Waals surface area contributed by atoms with Gasteiger partial charge in [-0.3, -0.25) is 4.90 Å². The molecule has 7 rings (SSSR count). The molecule has 0 saturated carbocycles. The van der Waals surface area contributed by atoms with Crippen molar-refractivity contribution in [3.05, 3.63) is 35.2 Å². The average molecular weight is 719 g/mol. The molecule has 3 atom stereocenters. The first-order valence-corrected chi connectivity index (χ1v) is 22.7. The number of likely N-dealkylation sites (tertiary alicyclic amines) is 1. The molecule has 12 nitrogen and oxygen atoms in total. The smallest absolute Gasteiger partial charge is 0.410 e. The molecule has 3 saturated heterocycles. The van der Waals surface area contributed by atoms with E-state index in [1.807, 2.05) is 36.5 Å². The Bertz CT molecular complexity index is 1720. The predicted octanol–water partition coefficient (Wildman–Crippen LogP) is 6.07. The molecule has 0 unspecified atom stereocenters. The Balaban J connectivity index is 1.15. The number of carbonyl (C=O) groups is 1. The van der Waals surface area contributed by atoms with Gasteiger partial charge in [0.1, 0.15) is 24.8 Å². The second-order valence-electron chi connectivity index (χ2n) is 17.3. The fourth-order valence-corrected chi connectivity index (χ4v) is 9.01. The molecule has 6 heterocycles. The van der Waals surface area contributed by atoms with E-state index in [1.165, 1.54) is 23.2 Å². The summed E-state index contributed by atoms with van der Waals surface area (Å²) >= 11 is 0. The molecule has 0 spiro atoms. The van der Waals surface area contributed by atoms with Crippen LogP contribution in [0.1, 0.15) is 63.3 Å². The first-order chi connectivity index (χ1) is 24.2. The van der Waals surface area contributed by atoms with E-state index in [2.05, 4.69) is 60.4 Å². The van der Waals surface area contributed by atoms with Crippen LogP contribution in [0.2, 0.25) is 25.7 Å². The largest absolute Gasteiger partial charge is 0.462 e. The highest BCUT2D eigenvalue weighted by molar-refractivity contribution is 6.76. The monoisotopic (exact) mass is 718 g/mol. The summed E-state index contributed by atoms with van der Waals surface area (Å²) in [5.74, 6) is 0.966. The van der Waals surface area contributed by atoms with Crippen molar-refractivity contribution in [1.82, 2.24) is 29.5 Å². The molecule has 13 heteroatoms. The Morgan fingerprint density at radius 3 is 2.47 bits per heavy atom. The van der Waals surface area contributed by atoms with Crippen LogP contribution in [-0.2, 0) is 29.2 Å². The molecule has 0 radical (unpaired) electrons. The zero-order valence-corrected chi connectivity index (χ0v) is 33.1. The summed E-state index contributed by atoms with van der Waals surface area (Å²) in [5.41, 5.74) is 5.19. The molecule has 1 aromatic carbocycles. The number of aromatic nitrogens is 4. The minimum atomic E-state index is -1.16. The van der Waals surface area contributed by atoms with Crippen LogP contribution >= 0.6 is 0 Å². The highest BCUT2D eigenvalue weighted by atomic mass is 28.3. The molecular weight excluding hydrogens is 661 g/mol. The van der Waals surface area contributed by atoms with Gasteiger partial charge in [0.2, 0.25) is 0 Å². The molecule has 1 amide bonds. The van der Waals surface area contributed by atoms with E-state index in [-0.39, 0.29) is 18.2 Å². The number of hydrogen-bond donors (Lipinski definition) is 0. The first kappa shape index (κ1) is 36.0. The number of hydrogen-bond acceptors (Lipinski definition) is 10. The van der Waals surface area contributed by atoms with Crippen molar-refractivity contribution in [1.29, 1.82) is 0 Å². The highest BCUT2D eigenvalue weighted by Gasteiger charge is 2.45. The molecule has 2 aromatic heterocycles. The van der Waals surface area contributed by atoms with Gasteiger partial charge in [0.15, 0.2) is 0 Å². The number of fused-ring (bicyclic) bond motifs is 4. The molecule has 3 fully saturated rings. The van der Waals surface area contributed by atoms with Crippen LogP contribution < -0.4 is 14.5 Å². The molecule has 4 aliphatic heterocycles. The van der Waals surface area contributed by atoms with Crippen molar-refractivity contribution in [3.63, 3.8) is 0 Å². The number of piperazine rings is 1. The lowest BCUT2D eigenvalue weighted by atomic mass is 10.0. The van der Waals surface area contributed by atoms with Gasteiger partial charge in [-0.1, -0.05) is 25.7 Å². The molecular formula is C38H58N8O4Si. The second kappa shape index (κ2) is 14.2.